The van der Waals surface area contributed by atoms with E-state index in [2.05, 4.69) is 0 Å². The Morgan fingerprint density at radius 2 is 1.74 bits per heavy atom. The molecule has 0 spiro atoms. The van der Waals surface area contributed by atoms with E-state index in [0.29, 0.717) is 11.1 Å². The van der Waals surface area contributed by atoms with Crippen molar-refractivity contribution in [2.75, 3.05) is 13.7 Å². The lowest BCUT2D eigenvalue weighted by Crippen LogP contribution is -2.30. The summed E-state index contributed by atoms with van der Waals surface area (Å²) in [5, 5.41) is 0. The first-order chi connectivity index (χ1) is 13.0. The number of hydrogen-bond acceptors (Lipinski definition) is 3. The number of likely N-dealkylation sites (N-methyl/N-ethyl adjacent to an activating group) is 1. The first-order valence-corrected chi connectivity index (χ1v) is 8.42. The summed E-state index contributed by atoms with van der Waals surface area (Å²) in [6.45, 7) is -0.135. The maximum Gasteiger partial charge on any atom is 0.338 e. The third-order valence-corrected chi connectivity index (χ3v) is 4.07. The van der Waals surface area contributed by atoms with Gasteiger partial charge in [-0.25, -0.2) is 9.18 Å². The summed E-state index contributed by atoms with van der Waals surface area (Å²) in [6.07, 6.45) is 3.81. The van der Waals surface area contributed by atoms with Crippen LogP contribution in [0.5, 0.6) is 0 Å². The van der Waals surface area contributed by atoms with Gasteiger partial charge in [0.05, 0.1) is 5.56 Å². The van der Waals surface area contributed by atoms with Gasteiger partial charge in [0.1, 0.15) is 5.82 Å². The van der Waals surface area contributed by atoms with E-state index in [1.165, 1.54) is 17.0 Å². The molecule has 0 radical (unpaired) electrons. The van der Waals surface area contributed by atoms with Crippen LogP contribution in [-0.2, 0) is 16.1 Å². The summed E-state index contributed by atoms with van der Waals surface area (Å²) >= 11 is 0. The lowest BCUT2D eigenvalue weighted by molar-refractivity contribution is -0.133. The summed E-state index contributed by atoms with van der Waals surface area (Å²) in [5.74, 6) is -1.29. The van der Waals surface area contributed by atoms with Gasteiger partial charge in [-0.2, -0.15) is 0 Å². The van der Waals surface area contributed by atoms with Crippen LogP contribution in [0, 0.1) is 5.82 Å². The van der Waals surface area contributed by atoms with Crippen LogP contribution in [0.4, 0.5) is 4.39 Å². The summed E-state index contributed by atoms with van der Waals surface area (Å²) in [4.78, 5) is 25.6. The van der Waals surface area contributed by atoms with Gasteiger partial charge in [0.2, 0.25) is 0 Å². The molecule has 1 heterocycles. The summed E-state index contributed by atoms with van der Waals surface area (Å²) < 4.78 is 20.2. The van der Waals surface area contributed by atoms with Crippen LogP contribution in [0.15, 0.2) is 73.1 Å². The number of carbonyl (C=O) groups excluding carboxylic acids is 2. The van der Waals surface area contributed by atoms with Gasteiger partial charge in [0.25, 0.3) is 5.91 Å². The molecule has 0 bridgehead atoms. The number of ether oxygens (including phenoxy) is 1. The molecule has 27 heavy (non-hydrogen) atoms. The molecule has 1 aromatic heterocycles. The zero-order valence-corrected chi connectivity index (χ0v) is 14.8. The Kier molecular flexibility index (Phi) is 5.66. The van der Waals surface area contributed by atoms with Gasteiger partial charge in [-0.05, 0) is 54.1 Å². The van der Waals surface area contributed by atoms with E-state index in [-0.39, 0.29) is 24.9 Å². The molecule has 0 atom stereocenters. The quantitative estimate of drug-likeness (QED) is 0.628. The Morgan fingerprint density at radius 3 is 2.41 bits per heavy atom. The molecule has 5 nitrogen and oxygen atoms in total. The Morgan fingerprint density at radius 1 is 1.04 bits per heavy atom. The summed E-state index contributed by atoms with van der Waals surface area (Å²) in [7, 11) is 1.58. The molecule has 0 unspecified atom stereocenters. The fourth-order valence-electron chi connectivity index (χ4n) is 2.59. The molecule has 2 aromatic carbocycles. The Bertz CT molecular complexity index is 921. The SMILES string of the molecule is CN(Cc1cccc(F)c1)C(=O)COC(=O)c1ccc(-n2cccc2)cc1. The zero-order valence-electron chi connectivity index (χ0n) is 14.8. The van der Waals surface area contributed by atoms with Crippen LogP contribution in [0.3, 0.4) is 0 Å². The second kappa shape index (κ2) is 8.31. The van der Waals surface area contributed by atoms with Gasteiger partial charge < -0.3 is 14.2 Å². The van der Waals surface area contributed by atoms with E-state index in [0.717, 1.165) is 5.69 Å². The second-order valence-corrected chi connectivity index (χ2v) is 6.09. The first-order valence-electron chi connectivity index (χ1n) is 8.42. The van der Waals surface area contributed by atoms with Crippen molar-refractivity contribution >= 4 is 11.9 Å². The van der Waals surface area contributed by atoms with Gasteiger partial charge in [-0.3, -0.25) is 4.79 Å². The second-order valence-electron chi connectivity index (χ2n) is 6.09. The zero-order chi connectivity index (χ0) is 19.2. The average molecular weight is 366 g/mol. The van der Waals surface area contributed by atoms with Crippen molar-refractivity contribution in [3.8, 4) is 5.69 Å². The Balaban J connectivity index is 1.52. The number of hydrogen-bond donors (Lipinski definition) is 0. The third-order valence-electron chi connectivity index (χ3n) is 4.07. The largest absolute Gasteiger partial charge is 0.452 e. The number of carbonyl (C=O) groups is 2. The molecule has 3 aromatic rings. The molecule has 0 N–H and O–H groups in total. The molecule has 3 rings (SSSR count). The number of benzene rings is 2. The first kappa shape index (κ1) is 18.4. The highest BCUT2D eigenvalue weighted by atomic mass is 19.1. The predicted octanol–water partition coefficient (Wildman–Crippen LogP) is 3.43. The van der Waals surface area contributed by atoms with Gasteiger partial charge >= 0.3 is 5.97 Å². The summed E-state index contributed by atoms with van der Waals surface area (Å²) in [5.41, 5.74) is 1.95. The van der Waals surface area contributed by atoms with Crippen LogP contribution in [0.2, 0.25) is 0 Å². The molecule has 0 aliphatic heterocycles. The number of rotatable bonds is 6. The van der Waals surface area contributed by atoms with Crippen molar-refractivity contribution in [2.45, 2.75) is 6.54 Å². The molecule has 0 aliphatic carbocycles. The van der Waals surface area contributed by atoms with E-state index in [1.54, 1.807) is 43.4 Å². The number of halogens is 1. The van der Waals surface area contributed by atoms with Crippen LogP contribution in [0.1, 0.15) is 15.9 Å². The lowest BCUT2D eigenvalue weighted by Gasteiger charge is -2.17. The predicted molar refractivity (Wildman–Crippen MR) is 98.9 cm³/mol. The van der Waals surface area contributed by atoms with Gasteiger partial charge in [-0.1, -0.05) is 12.1 Å². The monoisotopic (exact) mass is 366 g/mol. The fraction of sp³-hybridized carbons (Fsp3) is 0.143. The number of nitrogens with zero attached hydrogens (tertiary/aromatic N) is 2. The van der Waals surface area contributed by atoms with E-state index in [1.807, 2.05) is 29.1 Å². The number of amides is 1. The normalized spacial score (nSPS) is 10.4. The van der Waals surface area contributed by atoms with Crippen LogP contribution in [0.25, 0.3) is 5.69 Å². The minimum absolute atomic E-state index is 0.236. The molecule has 6 heteroatoms. The molecule has 0 saturated carbocycles. The van der Waals surface area contributed by atoms with E-state index < -0.39 is 5.97 Å². The standard InChI is InChI=1S/C21H19FN2O3/c1-23(14-16-5-4-6-18(22)13-16)20(25)15-27-21(26)17-7-9-19(10-8-17)24-11-2-3-12-24/h2-13H,14-15H2,1H3. The third kappa shape index (κ3) is 4.82. The van der Waals surface area contributed by atoms with Gasteiger partial charge in [0, 0.05) is 31.7 Å². The highest BCUT2D eigenvalue weighted by Crippen LogP contribution is 2.11. The molecular formula is C21H19FN2O3. The topological polar surface area (TPSA) is 51.5 Å². The summed E-state index contributed by atoms with van der Waals surface area (Å²) in [6, 6.07) is 16.7. The van der Waals surface area contributed by atoms with Crippen molar-refractivity contribution < 1.29 is 18.7 Å². The number of aromatic nitrogens is 1. The molecule has 0 fully saturated rings. The minimum Gasteiger partial charge on any atom is -0.452 e. The van der Waals surface area contributed by atoms with E-state index >= 15 is 0 Å². The Labute approximate surface area is 156 Å². The number of esters is 1. The van der Waals surface area contributed by atoms with Crippen LogP contribution in [-0.4, -0.2) is 35.0 Å². The van der Waals surface area contributed by atoms with Crippen LogP contribution < -0.4 is 0 Å². The molecule has 0 saturated heterocycles. The smallest absolute Gasteiger partial charge is 0.338 e. The van der Waals surface area contributed by atoms with E-state index in [9.17, 15) is 14.0 Å². The van der Waals surface area contributed by atoms with Gasteiger partial charge in [-0.15, -0.1) is 0 Å². The van der Waals surface area contributed by atoms with E-state index in [4.69, 9.17) is 4.74 Å². The maximum absolute atomic E-state index is 13.2. The van der Waals surface area contributed by atoms with Gasteiger partial charge in [0.15, 0.2) is 6.61 Å². The van der Waals surface area contributed by atoms with Crippen molar-refractivity contribution in [1.82, 2.24) is 9.47 Å². The maximum atomic E-state index is 13.2. The molecule has 1 amide bonds. The van der Waals surface area contributed by atoms with Crippen LogP contribution >= 0.6 is 0 Å². The average Bonchev–Trinajstić information content (AvgIpc) is 3.20. The molecular weight excluding hydrogens is 347 g/mol. The molecule has 0 aliphatic rings. The minimum atomic E-state index is -0.568. The Hall–Kier alpha value is -3.41. The van der Waals surface area contributed by atoms with Crippen molar-refractivity contribution in [3.63, 3.8) is 0 Å². The molecule has 138 valence electrons. The fourth-order valence-corrected chi connectivity index (χ4v) is 2.59. The van der Waals surface area contributed by atoms with Crippen molar-refractivity contribution in [1.29, 1.82) is 0 Å². The highest BCUT2D eigenvalue weighted by molar-refractivity contribution is 5.91. The van der Waals surface area contributed by atoms with Crippen molar-refractivity contribution in [2.24, 2.45) is 0 Å². The highest BCUT2D eigenvalue weighted by Gasteiger charge is 2.14. The van der Waals surface area contributed by atoms with Crippen molar-refractivity contribution in [3.05, 3.63) is 90.0 Å². The lowest BCUT2D eigenvalue weighted by atomic mass is 10.2.